The van der Waals surface area contributed by atoms with Crippen LogP contribution in [0.15, 0.2) is 46.9 Å². The van der Waals surface area contributed by atoms with Crippen LogP contribution in [0.2, 0.25) is 5.02 Å². The predicted octanol–water partition coefficient (Wildman–Crippen LogP) is 4.68. The van der Waals surface area contributed by atoms with E-state index in [1.54, 1.807) is 6.92 Å². The molecule has 0 fully saturated rings. The largest absolute Gasteiger partial charge is 0.452 e. The molecule has 0 radical (unpaired) electrons. The van der Waals surface area contributed by atoms with Crippen molar-refractivity contribution >= 4 is 17.6 Å². The van der Waals surface area contributed by atoms with Gasteiger partial charge in [0.15, 0.2) is 6.10 Å². The molecule has 134 valence electrons. The summed E-state index contributed by atoms with van der Waals surface area (Å²) in [5.74, 6) is -0.699. The highest BCUT2D eigenvalue weighted by Gasteiger charge is 2.21. The molecule has 0 bridgehead atoms. The summed E-state index contributed by atoms with van der Waals surface area (Å²) in [6.07, 6.45) is -1.05. The van der Waals surface area contributed by atoms with Crippen molar-refractivity contribution in [3.05, 3.63) is 70.3 Å². The number of aryl methyl sites for hydroxylation is 1. The maximum absolute atomic E-state index is 13.8. The van der Waals surface area contributed by atoms with E-state index in [9.17, 15) is 9.18 Å². The van der Waals surface area contributed by atoms with Crippen molar-refractivity contribution in [3.8, 4) is 11.5 Å². The molecule has 2 aromatic carbocycles. The molecule has 3 rings (SSSR count). The highest BCUT2D eigenvalue weighted by molar-refractivity contribution is 6.31. The number of benzene rings is 2. The van der Waals surface area contributed by atoms with E-state index in [4.69, 9.17) is 20.8 Å². The summed E-state index contributed by atoms with van der Waals surface area (Å²) in [6.45, 7) is 3.58. The van der Waals surface area contributed by atoms with Crippen molar-refractivity contribution in [1.29, 1.82) is 0 Å². The van der Waals surface area contributed by atoms with Gasteiger partial charge in [-0.15, -0.1) is 10.2 Å². The standard InChI is InChI=1S/C19H16ClFN2O3/c1-11-6-8-13(9-7-11)19-23-22-18(26-19)12(2)25-17(24)10-14-15(20)4-3-5-16(14)21/h3-9,12H,10H2,1-2H3. The first kappa shape index (κ1) is 18.1. The highest BCUT2D eigenvalue weighted by Crippen LogP contribution is 2.24. The summed E-state index contributed by atoms with van der Waals surface area (Å²) in [5.41, 5.74) is 1.98. The molecule has 0 saturated carbocycles. The van der Waals surface area contributed by atoms with Crippen LogP contribution in [-0.4, -0.2) is 16.2 Å². The van der Waals surface area contributed by atoms with E-state index in [1.165, 1.54) is 18.2 Å². The molecule has 0 aliphatic rings. The lowest BCUT2D eigenvalue weighted by Crippen LogP contribution is -2.13. The molecule has 3 aromatic rings. The van der Waals surface area contributed by atoms with Crippen LogP contribution in [0.5, 0.6) is 0 Å². The van der Waals surface area contributed by atoms with Gasteiger partial charge in [-0.25, -0.2) is 4.39 Å². The Morgan fingerprint density at radius 2 is 1.96 bits per heavy atom. The van der Waals surface area contributed by atoms with Gasteiger partial charge in [0.05, 0.1) is 6.42 Å². The van der Waals surface area contributed by atoms with Gasteiger partial charge in [-0.2, -0.15) is 0 Å². The number of nitrogens with zero attached hydrogens (tertiary/aromatic N) is 2. The molecule has 7 heteroatoms. The van der Waals surface area contributed by atoms with Crippen LogP contribution in [0.25, 0.3) is 11.5 Å². The first-order chi connectivity index (χ1) is 12.4. The number of carbonyl (C=O) groups is 1. The number of aromatic nitrogens is 2. The third-order valence-corrected chi connectivity index (χ3v) is 4.13. The van der Waals surface area contributed by atoms with Crippen molar-refractivity contribution in [2.24, 2.45) is 0 Å². The number of esters is 1. The lowest BCUT2D eigenvalue weighted by molar-refractivity contribution is -0.148. The molecule has 0 N–H and O–H groups in total. The zero-order chi connectivity index (χ0) is 18.7. The van der Waals surface area contributed by atoms with Gasteiger partial charge in [0.25, 0.3) is 5.89 Å². The summed E-state index contributed by atoms with van der Waals surface area (Å²) in [4.78, 5) is 12.1. The number of rotatable bonds is 5. The summed E-state index contributed by atoms with van der Waals surface area (Å²) in [6, 6.07) is 11.8. The second-order valence-corrected chi connectivity index (χ2v) is 6.23. The Labute approximate surface area is 154 Å². The number of hydrogen-bond donors (Lipinski definition) is 0. The van der Waals surface area contributed by atoms with E-state index in [2.05, 4.69) is 10.2 Å². The van der Waals surface area contributed by atoms with E-state index in [1.807, 2.05) is 31.2 Å². The molecule has 1 heterocycles. The van der Waals surface area contributed by atoms with Crippen molar-refractivity contribution < 1.29 is 18.3 Å². The smallest absolute Gasteiger partial charge is 0.311 e. The van der Waals surface area contributed by atoms with Crippen LogP contribution in [0.1, 0.15) is 30.0 Å². The second-order valence-electron chi connectivity index (χ2n) is 5.82. The van der Waals surface area contributed by atoms with Gasteiger partial charge in [0.1, 0.15) is 5.82 Å². The van der Waals surface area contributed by atoms with Gasteiger partial charge in [0.2, 0.25) is 5.89 Å². The molecule has 5 nitrogen and oxygen atoms in total. The predicted molar refractivity (Wildman–Crippen MR) is 94.1 cm³/mol. The third kappa shape index (κ3) is 4.08. The average Bonchev–Trinajstić information content (AvgIpc) is 3.09. The summed E-state index contributed by atoms with van der Waals surface area (Å²) < 4.78 is 24.6. The first-order valence-corrected chi connectivity index (χ1v) is 8.34. The molecule has 0 saturated heterocycles. The van der Waals surface area contributed by atoms with E-state index in [0.29, 0.717) is 5.89 Å². The van der Waals surface area contributed by atoms with E-state index < -0.39 is 17.9 Å². The minimum atomic E-state index is -0.764. The Morgan fingerprint density at radius 3 is 2.65 bits per heavy atom. The molecule has 0 aliphatic heterocycles. The zero-order valence-electron chi connectivity index (χ0n) is 14.2. The number of hydrogen-bond acceptors (Lipinski definition) is 5. The molecule has 1 aromatic heterocycles. The minimum absolute atomic E-state index is 0.0947. The van der Waals surface area contributed by atoms with E-state index in [0.717, 1.165) is 11.1 Å². The fourth-order valence-corrected chi connectivity index (χ4v) is 2.58. The lowest BCUT2D eigenvalue weighted by Gasteiger charge is -2.10. The minimum Gasteiger partial charge on any atom is -0.452 e. The number of ether oxygens (including phenoxy) is 1. The molecule has 1 unspecified atom stereocenters. The van der Waals surface area contributed by atoms with Crippen LogP contribution in [0.4, 0.5) is 4.39 Å². The lowest BCUT2D eigenvalue weighted by atomic mass is 10.1. The molecule has 0 amide bonds. The Kier molecular flexibility index (Phi) is 5.32. The molecular formula is C19H16ClFN2O3. The van der Waals surface area contributed by atoms with Gasteiger partial charge in [-0.1, -0.05) is 35.4 Å². The Balaban J connectivity index is 1.67. The fraction of sp³-hybridized carbons (Fsp3) is 0.211. The number of carbonyl (C=O) groups excluding carboxylic acids is 1. The van der Waals surface area contributed by atoms with Gasteiger partial charge >= 0.3 is 5.97 Å². The van der Waals surface area contributed by atoms with E-state index >= 15 is 0 Å². The summed E-state index contributed by atoms with van der Waals surface area (Å²) >= 11 is 5.92. The molecule has 26 heavy (non-hydrogen) atoms. The summed E-state index contributed by atoms with van der Waals surface area (Å²) in [7, 11) is 0. The van der Waals surface area contributed by atoms with Crippen molar-refractivity contribution in [3.63, 3.8) is 0 Å². The van der Waals surface area contributed by atoms with Crippen LogP contribution in [-0.2, 0) is 16.0 Å². The Hall–Kier alpha value is -2.73. The number of halogens is 2. The van der Waals surface area contributed by atoms with Crippen LogP contribution in [0.3, 0.4) is 0 Å². The molecule has 1 atom stereocenters. The fourth-order valence-electron chi connectivity index (χ4n) is 2.35. The van der Waals surface area contributed by atoms with Crippen LogP contribution in [0, 0.1) is 12.7 Å². The first-order valence-electron chi connectivity index (χ1n) is 7.97. The SMILES string of the molecule is Cc1ccc(-c2nnc(C(C)OC(=O)Cc3c(F)cccc3Cl)o2)cc1. The average molecular weight is 375 g/mol. The molecule has 0 spiro atoms. The highest BCUT2D eigenvalue weighted by atomic mass is 35.5. The normalized spacial score (nSPS) is 12.0. The van der Waals surface area contributed by atoms with Crippen molar-refractivity contribution in [2.45, 2.75) is 26.4 Å². The van der Waals surface area contributed by atoms with Gasteiger partial charge < -0.3 is 9.15 Å². The maximum atomic E-state index is 13.8. The summed E-state index contributed by atoms with van der Waals surface area (Å²) in [5, 5.41) is 8.06. The van der Waals surface area contributed by atoms with Gasteiger partial charge in [0, 0.05) is 16.1 Å². The van der Waals surface area contributed by atoms with Crippen LogP contribution < -0.4 is 0 Å². The van der Waals surface area contributed by atoms with E-state index in [-0.39, 0.29) is 22.9 Å². The van der Waals surface area contributed by atoms with Gasteiger partial charge in [-0.05, 0) is 38.1 Å². The maximum Gasteiger partial charge on any atom is 0.311 e. The van der Waals surface area contributed by atoms with Crippen molar-refractivity contribution in [1.82, 2.24) is 10.2 Å². The van der Waals surface area contributed by atoms with Crippen molar-refractivity contribution in [2.75, 3.05) is 0 Å². The van der Waals surface area contributed by atoms with Gasteiger partial charge in [-0.3, -0.25) is 4.79 Å². The zero-order valence-corrected chi connectivity index (χ0v) is 15.0. The quantitative estimate of drug-likeness (QED) is 0.606. The molecule has 0 aliphatic carbocycles. The topological polar surface area (TPSA) is 65.2 Å². The van der Waals surface area contributed by atoms with Crippen LogP contribution >= 0.6 is 11.6 Å². The molecular weight excluding hydrogens is 359 g/mol. The Morgan fingerprint density at radius 1 is 1.23 bits per heavy atom. The third-order valence-electron chi connectivity index (χ3n) is 3.78. The second kappa shape index (κ2) is 7.66. The monoisotopic (exact) mass is 374 g/mol. The Bertz CT molecular complexity index is 905.